The van der Waals surface area contributed by atoms with Crippen molar-refractivity contribution in [1.29, 1.82) is 5.26 Å². The van der Waals surface area contributed by atoms with E-state index in [1.54, 1.807) is 12.1 Å². The minimum Gasteiger partial charge on any atom is -0.294 e. The normalized spacial score (nSPS) is 19.7. The molecular weight excluding hydrogens is 162 g/mol. The molecule has 0 radical (unpaired) electrons. The van der Waals surface area contributed by atoms with Crippen LogP contribution in [0.15, 0.2) is 18.2 Å². The highest BCUT2D eigenvalue weighted by molar-refractivity contribution is 6.01. The Morgan fingerprint density at radius 3 is 3.00 bits per heavy atom. The van der Waals surface area contributed by atoms with E-state index in [9.17, 15) is 4.79 Å². The van der Waals surface area contributed by atoms with Gasteiger partial charge in [0.15, 0.2) is 5.78 Å². The molecule has 1 aliphatic carbocycles. The van der Waals surface area contributed by atoms with Gasteiger partial charge in [0.05, 0.1) is 11.6 Å². The number of ketones is 1. The van der Waals surface area contributed by atoms with Crippen LogP contribution in [0.3, 0.4) is 0 Å². The highest BCUT2D eigenvalue weighted by Crippen LogP contribution is 2.32. The van der Waals surface area contributed by atoms with E-state index < -0.39 is 0 Å². The van der Waals surface area contributed by atoms with Gasteiger partial charge in [-0.05, 0) is 29.7 Å². The SMILES string of the molecule is CC1CC(=O)c2ccc(C#N)cc21. The molecule has 0 aromatic heterocycles. The summed E-state index contributed by atoms with van der Waals surface area (Å²) in [4.78, 5) is 11.4. The maximum atomic E-state index is 11.4. The molecule has 2 rings (SSSR count). The van der Waals surface area contributed by atoms with Crippen LogP contribution in [-0.2, 0) is 0 Å². The molecule has 0 amide bonds. The van der Waals surface area contributed by atoms with E-state index in [0.29, 0.717) is 12.0 Å². The smallest absolute Gasteiger partial charge is 0.163 e. The first-order chi connectivity index (χ1) is 6.22. The number of nitriles is 1. The van der Waals surface area contributed by atoms with Crippen molar-refractivity contribution in [1.82, 2.24) is 0 Å². The standard InChI is InChI=1S/C11H9NO/c1-7-4-11(13)9-3-2-8(6-12)5-10(7)9/h2-3,5,7H,4H2,1H3. The molecule has 13 heavy (non-hydrogen) atoms. The molecule has 2 nitrogen and oxygen atoms in total. The minimum absolute atomic E-state index is 0.201. The van der Waals surface area contributed by atoms with Crippen LogP contribution in [0.4, 0.5) is 0 Å². The first kappa shape index (κ1) is 8.00. The summed E-state index contributed by atoms with van der Waals surface area (Å²) >= 11 is 0. The van der Waals surface area contributed by atoms with Crippen LogP contribution < -0.4 is 0 Å². The second-order valence-corrected chi connectivity index (χ2v) is 3.44. The number of Topliss-reactive ketones (excluding diaryl/α,β-unsaturated/α-hetero) is 1. The number of nitrogens with zero attached hydrogens (tertiary/aromatic N) is 1. The van der Waals surface area contributed by atoms with Crippen molar-refractivity contribution in [2.24, 2.45) is 0 Å². The molecule has 64 valence electrons. The Bertz CT molecular complexity index is 415. The minimum atomic E-state index is 0.201. The Kier molecular flexibility index (Phi) is 1.66. The van der Waals surface area contributed by atoms with E-state index in [4.69, 9.17) is 5.26 Å². The van der Waals surface area contributed by atoms with Gasteiger partial charge >= 0.3 is 0 Å². The number of carbonyl (C=O) groups is 1. The molecule has 0 saturated heterocycles. The van der Waals surface area contributed by atoms with Crippen LogP contribution >= 0.6 is 0 Å². The van der Waals surface area contributed by atoms with E-state index in [1.807, 2.05) is 13.0 Å². The number of fused-ring (bicyclic) bond motifs is 1. The van der Waals surface area contributed by atoms with Crippen molar-refractivity contribution in [2.45, 2.75) is 19.3 Å². The van der Waals surface area contributed by atoms with Gasteiger partial charge in [0.1, 0.15) is 0 Å². The highest BCUT2D eigenvalue weighted by Gasteiger charge is 2.25. The van der Waals surface area contributed by atoms with Crippen molar-refractivity contribution in [3.8, 4) is 6.07 Å². The largest absolute Gasteiger partial charge is 0.294 e. The van der Waals surface area contributed by atoms with E-state index >= 15 is 0 Å². The number of benzene rings is 1. The lowest BCUT2D eigenvalue weighted by molar-refractivity contribution is 0.0990. The van der Waals surface area contributed by atoms with E-state index in [0.717, 1.165) is 11.1 Å². The molecule has 0 bridgehead atoms. The third-order valence-corrected chi connectivity index (χ3v) is 2.50. The highest BCUT2D eigenvalue weighted by atomic mass is 16.1. The second-order valence-electron chi connectivity index (χ2n) is 3.44. The number of carbonyl (C=O) groups excluding carboxylic acids is 1. The molecule has 1 aliphatic rings. The summed E-state index contributed by atoms with van der Waals surface area (Å²) in [6.07, 6.45) is 0.588. The molecule has 0 aliphatic heterocycles. The molecule has 1 unspecified atom stereocenters. The Hall–Kier alpha value is -1.62. The lowest BCUT2D eigenvalue weighted by atomic mass is 10.0. The Balaban J connectivity index is 2.60. The quantitative estimate of drug-likeness (QED) is 0.600. The zero-order valence-corrected chi connectivity index (χ0v) is 7.37. The summed E-state index contributed by atoms with van der Waals surface area (Å²) in [5, 5.41) is 8.69. The molecular formula is C11H9NO. The van der Waals surface area contributed by atoms with Gasteiger partial charge in [-0.1, -0.05) is 6.92 Å². The summed E-state index contributed by atoms with van der Waals surface area (Å²) < 4.78 is 0. The molecule has 0 fully saturated rings. The number of hydrogen-bond donors (Lipinski definition) is 0. The third kappa shape index (κ3) is 1.13. The number of rotatable bonds is 0. The van der Waals surface area contributed by atoms with Gasteiger partial charge < -0.3 is 0 Å². The lowest BCUT2D eigenvalue weighted by Gasteiger charge is -2.01. The van der Waals surface area contributed by atoms with Crippen LogP contribution in [0, 0.1) is 11.3 Å². The van der Waals surface area contributed by atoms with Gasteiger partial charge in [-0.15, -0.1) is 0 Å². The lowest BCUT2D eigenvalue weighted by Crippen LogP contribution is -1.90. The van der Waals surface area contributed by atoms with Crippen LogP contribution in [0.5, 0.6) is 0 Å². The zero-order chi connectivity index (χ0) is 9.42. The maximum absolute atomic E-state index is 11.4. The summed E-state index contributed by atoms with van der Waals surface area (Å²) in [5.74, 6) is 0.475. The van der Waals surface area contributed by atoms with Gasteiger partial charge in [-0.2, -0.15) is 5.26 Å². The predicted octanol–water partition coefficient (Wildman–Crippen LogP) is 2.25. The van der Waals surface area contributed by atoms with Gasteiger partial charge in [0, 0.05) is 12.0 Å². The van der Waals surface area contributed by atoms with Crippen LogP contribution in [0.25, 0.3) is 0 Å². The molecule has 1 aromatic rings. The summed E-state index contributed by atoms with van der Waals surface area (Å²) in [7, 11) is 0. The van der Waals surface area contributed by atoms with Crippen molar-refractivity contribution >= 4 is 5.78 Å². The molecule has 0 heterocycles. The fourth-order valence-electron chi connectivity index (χ4n) is 1.79. The fraction of sp³-hybridized carbons (Fsp3) is 0.273. The van der Waals surface area contributed by atoms with Crippen molar-refractivity contribution in [3.05, 3.63) is 34.9 Å². The van der Waals surface area contributed by atoms with Gasteiger partial charge in [-0.3, -0.25) is 4.79 Å². The molecule has 2 heteroatoms. The fourth-order valence-corrected chi connectivity index (χ4v) is 1.79. The van der Waals surface area contributed by atoms with Gasteiger partial charge in [0.25, 0.3) is 0 Å². The maximum Gasteiger partial charge on any atom is 0.163 e. The van der Waals surface area contributed by atoms with Crippen molar-refractivity contribution in [3.63, 3.8) is 0 Å². The van der Waals surface area contributed by atoms with E-state index in [1.165, 1.54) is 0 Å². The Morgan fingerprint density at radius 1 is 1.54 bits per heavy atom. The van der Waals surface area contributed by atoms with Crippen molar-refractivity contribution < 1.29 is 4.79 Å². The van der Waals surface area contributed by atoms with Crippen LogP contribution in [-0.4, -0.2) is 5.78 Å². The Morgan fingerprint density at radius 2 is 2.31 bits per heavy atom. The van der Waals surface area contributed by atoms with E-state index in [-0.39, 0.29) is 11.7 Å². The monoisotopic (exact) mass is 171 g/mol. The van der Waals surface area contributed by atoms with Gasteiger partial charge in [-0.25, -0.2) is 0 Å². The second kappa shape index (κ2) is 2.70. The van der Waals surface area contributed by atoms with Crippen LogP contribution in [0.2, 0.25) is 0 Å². The zero-order valence-electron chi connectivity index (χ0n) is 7.37. The first-order valence-electron chi connectivity index (χ1n) is 4.29. The molecule has 0 saturated carbocycles. The van der Waals surface area contributed by atoms with Crippen molar-refractivity contribution in [2.75, 3.05) is 0 Å². The molecule has 1 aromatic carbocycles. The summed E-state index contributed by atoms with van der Waals surface area (Å²) in [6.45, 7) is 2.02. The predicted molar refractivity (Wildman–Crippen MR) is 48.5 cm³/mol. The van der Waals surface area contributed by atoms with E-state index in [2.05, 4.69) is 6.07 Å². The summed E-state index contributed by atoms with van der Waals surface area (Å²) in [5.41, 5.74) is 2.47. The van der Waals surface area contributed by atoms with Crippen LogP contribution in [0.1, 0.15) is 40.7 Å². The molecule has 0 spiro atoms. The topological polar surface area (TPSA) is 40.9 Å². The number of hydrogen-bond acceptors (Lipinski definition) is 2. The first-order valence-corrected chi connectivity index (χ1v) is 4.29. The summed E-state index contributed by atoms with van der Waals surface area (Å²) in [6, 6.07) is 7.37. The molecule has 0 N–H and O–H groups in total. The average molecular weight is 171 g/mol. The Labute approximate surface area is 76.8 Å². The average Bonchev–Trinajstić information content (AvgIpc) is 2.42. The molecule has 1 atom stereocenters. The third-order valence-electron chi connectivity index (χ3n) is 2.50. The van der Waals surface area contributed by atoms with Gasteiger partial charge in [0.2, 0.25) is 0 Å².